The van der Waals surface area contributed by atoms with E-state index in [1.54, 1.807) is 12.1 Å². The molecular weight excluding hydrogens is 558 g/mol. The van der Waals surface area contributed by atoms with Gasteiger partial charge in [-0.2, -0.15) is 0 Å². The van der Waals surface area contributed by atoms with Gasteiger partial charge in [0, 0.05) is 0 Å². The van der Waals surface area contributed by atoms with Crippen molar-refractivity contribution in [2.24, 2.45) is 0 Å². The quantitative estimate of drug-likeness (QED) is 0.302. The first-order chi connectivity index (χ1) is 16.8. The average Bonchev–Trinajstić information content (AvgIpc) is 3.44. The molecule has 0 amide bonds. The van der Waals surface area contributed by atoms with Gasteiger partial charge in [-0.15, -0.1) is 0 Å². The van der Waals surface area contributed by atoms with Crippen molar-refractivity contribution in [3.05, 3.63) is 124 Å². The van der Waals surface area contributed by atoms with E-state index >= 15 is 0 Å². The Kier molecular flexibility index (Phi) is 7.45. The van der Waals surface area contributed by atoms with Crippen LogP contribution < -0.4 is 28.1 Å². The number of allylic oxidation sites excluding steroid dienone is 4. The average molecular weight is 585 g/mol. The van der Waals surface area contributed by atoms with E-state index in [1.165, 1.54) is 58.2 Å². The molecule has 3 aliphatic rings. The summed E-state index contributed by atoms with van der Waals surface area (Å²) in [6.07, 6.45) is 12.1. The molecule has 4 aromatic carbocycles. The van der Waals surface area contributed by atoms with Crippen molar-refractivity contribution < 1.29 is 46.1 Å². The van der Waals surface area contributed by atoms with Crippen LogP contribution in [-0.2, 0) is 27.7 Å². The monoisotopic (exact) mass is 582 g/mol. The molecule has 0 bridgehead atoms. The third-order valence-corrected chi connectivity index (χ3v) is 15.3. The van der Waals surface area contributed by atoms with Crippen LogP contribution in [0.2, 0.25) is 0 Å². The molecule has 0 nitrogen and oxygen atoms in total. The molecule has 3 heteroatoms. The number of fused-ring (bicyclic) bond motifs is 3. The Bertz CT molecular complexity index is 1520. The molecule has 7 rings (SSSR count). The summed E-state index contributed by atoms with van der Waals surface area (Å²) in [5.74, 6) is 0. The number of halogens is 2. The second-order valence-corrected chi connectivity index (χ2v) is 16.1. The van der Waals surface area contributed by atoms with Crippen LogP contribution in [-0.4, -0.2) is 3.21 Å². The smallest absolute Gasteiger partial charge is 1.00 e. The van der Waals surface area contributed by atoms with Gasteiger partial charge in [-0.25, -0.2) is 0 Å². The van der Waals surface area contributed by atoms with E-state index in [0.29, 0.717) is 0 Å². The first-order valence-corrected chi connectivity index (χ1v) is 16.0. The van der Waals surface area contributed by atoms with Gasteiger partial charge in [0.2, 0.25) is 0 Å². The SMILES string of the molecule is C1=CC[C]([Zr+2](=[C]2CC2)[c]2cc(-c3ccccc3)cc3c2Cc2ccc(-c4ccccc4)cc2-3)=C1.[Cl-].[Cl-]. The third kappa shape index (κ3) is 4.59. The molecular formula is C33H26Cl2Zr. The van der Waals surface area contributed by atoms with Gasteiger partial charge in [0.1, 0.15) is 0 Å². The molecule has 0 unspecified atom stereocenters. The largest absolute Gasteiger partial charge is 1.00 e. The van der Waals surface area contributed by atoms with Crippen molar-refractivity contribution in [1.82, 2.24) is 0 Å². The number of hydrogen-bond acceptors (Lipinski definition) is 0. The predicted molar refractivity (Wildman–Crippen MR) is 141 cm³/mol. The maximum absolute atomic E-state index is 2.59. The molecule has 0 saturated heterocycles. The van der Waals surface area contributed by atoms with Crippen molar-refractivity contribution in [2.75, 3.05) is 0 Å². The summed E-state index contributed by atoms with van der Waals surface area (Å²) >= 11 is -2.02. The zero-order valence-corrected chi connectivity index (χ0v) is 23.9. The van der Waals surface area contributed by atoms with Gasteiger partial charge in [0.15, 0.2) is 0 Å². The molecule has 0 N–H and O–H groups in total. The van der Waals surface area contributed by atoms with Crippen molar-refractivity contribution in [3.8, 4) is 33.4 Å². The first-order valence-electron chi connectivity index (χ1n) is 12.3. The van der Waals surface area contributed by atoms with Crippen molar-refractivity contribution in [3.63, 3.8) is 0 Å². The van der Waals surface area contributed by atoms with E-state index in [-0.39, 0.29) is 24.8 Å². The van der Waals surface area contributed by atoms with E-state index in [1.807, 2.05) is 3.21 Å². The summed E-state index contributed by atoms with van der Waals surface area (Å²) in [7, 11) is 0. The summed E-state index contributed by atoms with van der Waals surface area (Å²) in [4.78, 5) is 0. The van der Waals surface area contributed by atoms with Crippen LogP contribution in [0.5, 0.6) is 0 Å². The van der Waals surface area contributed by atoms with E-state index in [9.17, 15) is 0 Å². The van der Waals surface area contributed by atoms with Gasteiger partial charge in [0.05, 0.1) is 0 Å². The van der Waals surface area contributed by atoms with Gasteiger partial charge in [-0.3, -0.25) is 0 Å². The second-order valence-electron chi connectivity index (χ2n) is 9.63. The Morgan fingerprint density at radius 1 is 0.611 bits per heavy atom. The van der Waals surface area contributed by atoms with E-state index in [2.05, 4.69) is 109 Å². The molecule has 1 saturated carbocycles. The zero-order valence-electron chi connectivity index (χ0n) is 20.0. The molecule has 3 aliphatic carbocycles. The van der Waals surface area contributed by atoms with Gasteiger partial charge >= 0.3 is 210 Å². The van der Waals surface area contributed by atoms with E-state index in [0.717, 1.165) is 6.42 Å². The summed E-state index contributed by atoms with van der Waals surface area (Å²) in [5.41, 5.74) is 11.4. The Morgan fingerprint density at radius 3 is 1.92 bits per heavy atom. The first kappa shape index (κ1) is 25.3. The Balaban J connectivity index is 0.00000133. The minimum Gasteiger partial charge on any atom is -1.00 e. The topological polar surface area (TPSA) is 0 Å². The molecule has 0 heterocycles. The van der Waals surface area contributed by atoms with Crippen LogP contribution in [0.1, 0.15) is 30.4 Å². The fourth-order valence-corrected chi connectivity index (χ4v) is 13.5. The fraction of sp³-hybridized carbons (Fsp3) is 0.121. The summed E-state index contributed by atoms with van der Waals surface area (Å²) < 4.78 is 5.41. The van der Waals surface area contributed by atoms with Crippen LogP contribution in [0.25, 0.3) is 33.4 Å². The van der Waals surface area contributed by atoms with Crippen LogP contribution in [0, 0.1) is 0 Å². The zero-order chi connectivity index (χ0) is 22.5. The van der Waals surface area contributed by atoms with Crippen LogP contribution >= 0.6 is 0 Å². The molecule has 0 aliphatic heterocycles. The minimum absolute atomic E-state index is 0. The Labute approximate surface area is 233 Å². The van der Waals surface area contributed by atoms with Crippen LogP contribution in [0.3, 0.4) is 0 Å². The number of benzene rings is 4. The molecule has 0 atom stereocenters. The van der Waals surface area contributed by atoms with Crippen molar-refractivity contribution >= 4 is 6.48 Å². The molecule has 176 valence electrons. The van der Waals surface area contributed by atoms with Crippen molar-refractivity contribution in [2.45, 2.75) is 25.7 Å². The summed E-state index contributed by atoms with van der Waals surface area (Å²) in [6.45, 7) is 0. The second kappa shape index (κ2) is 10.6. The summed E-state index contributed by atoms with van der Waals surface area (Å²) in [6, 6.07) is 34.0. The predicted octanol–water partition coefficient (Wildman–Crippen LogP) is 1.65. The van der Waals surface area contributed by atoms with Crippen LogP contribution in [0.15, 0.2) is 113 Å². The molecule has 0 spiro atoms. The molecule has 0 aromatic heterocycles. The maximum Gasteiger partial charge on any atom is -1.00 e. The standard InChI is InChI=1S/C25H17.C5H5.C3H4.2ClH.Zr/c1-3-7-18(8-4-1)20-11-13-22-15-23-14-12-21(17-25(23)24(22)16-20)19-9-5-2-6-10-19;1-2-4-5-3-1;1-2-3-1;;;/h1-13,16-17H,15H2;1-3H,4H2;1-2H2;2*1H;/q;;;;;+2/p-2. The third-order valence-electron chi connectivity index (χ3n) is 7.45. The van der Waals surface area contributed by atoms with Gasteiger partial charge in [-0.05, 0) is 0 Å². The van der Waals surface area contributed by atoms with Crippen LogP contribution in [0.4, 0.5) is 0 Å². The molecule has 0 radical (unpaired) electrons. The van der Waals surface area contributed by atoms with Gasteiger partial charge in [-0.1, -0.05) is 0 Å². The Morgan fingerprint density at radius 2 is 1.28 bits per heavy atom. The van der Waals surface area contributed by atoms with E-state index in [4.69, 9.17) is 0 Å². The molecule has 36 heavy (non-hydrogen) atoms. The normalized spacial score (nSPS) is 14.1. The Hall–Kier alpha value is -2.31. The number of hydrogen-bond donors (Lipinski definition) is 0. The number of rotatable bonds is 4. The van der Waals surface area contributed by atoms with Crippen molar-refractivity contribution in [1.29, 1.82) is 0 Å². The maximum atomic E-state index is 2.59. The van der Waals surface area contributed by atoms with E-state index < -0.39 is 21.3 Å². The summed E-state index contributed by atoms with van der Waals surface area (Å²) in [5, 5.41) is 0. The molecule has 1 fully saturated rings. The minimum atomic E-state index is -2.02. The molecule has 4 aromatic rings. The van der Waals surface area contributed by atoms with Gasteiger partial charge in [0.25, 0.3) is 0 Å². The van der Waals surface area contributed by atoms with Gasteiger partial charge < -0.3 is 24.8 Å². The fourth-order valence-electron chi connectivity index (χ4n) is 5.64.